The summed E-state index contributed by atoms with van der Waals surface area (Å²) in [6, 6.07) is 0. The summed E-state index contributed by atoms with van der Waals surface area (Å²) < 4.78 is 5.98. The number of fused-ring (bicyclic) bond motifs is 3. The molecule has 0 aromatic carbocycles. The molecule has 3 saturated carbocycles. The van der Waals surface area contributed by atoms with Crippen molar-refractivity contribution in [3.8, 4) is 0 Å². The van der Waals surface area contributed by atoms with Crippen molar-refractivity contribution in [2.75, 3.05) is 0 Å². The molecule has 6 atom stereocenters. The van der Waals surface area contributed by atoms with E-state index in [-0.39, 0.29) is 12.1 Å². The number of esters is 1. The van der Waals surface area contributed by atoms with Crippen molar-refractivity contribution in [3.63, 3.8) is 0 Å². The Labute approximate surface area is 212 Å². The fraction of sp³-hybridized carbons (Fsp3) is 0.969. The summed E-state index contributed by atoms with van der Waals surface area (Å²) in [5.74, 6) is 4.88. The minimum atomic E-state index is 0.0842. The maximum Gasteiger partial charge on any atom is 0.306 e. The Bertz CT molecular complexity index is 543. The molecular formula is C32H58O2. The van der Waals surface area contributed by atoms with E-state index in [9.17, 15) is 4.79 Å². The predicted molar refractivity (Wildman–Crippen MR) is 145 cm³/mol. The molecule has 0 heterocycles. The highest BCUT2D eigenvalue weighted by Gasteiger charge is 2.44. The van der Waals surface area contributed by atoms with Crippen LogP contribution in [-0.2, 0) is 9.53 Å². The Morgan fingerprint density at radius 1 is 0.618 bits per heavy atom. The highest BCUT2D eigenvalue weighted by molar-refractivity contribution is 5.69. The van der Waals surface area contributed by atoms with Crippen LogP contribution in [0.4, 0.5) is 0 Å². The molecule has 0 spiro atoms. The first-order chi connectivity index (χ1) is 16.7. The van der Waals surface area contributed by atoms with Crippen molar-refractivity contribution < 1.29 is 9.53 Å². The molecule has 0 N–H and O–H groups in total. The van der Waals surface area contributed by atoms with Crippen molar-refractivity contribution in [1.82, 2.24) is 0 Å². The Balaban J connectivity index is 1.28. The summed E-state index contributed by atoms with van der Waals surface area (Å²) in [6.07, 6.45) is 30.8. The highest BCUT2D eigenvalue weighted by atomic mass is 16.5. The van der Waals surface area contributed by atoms with E-state index in [1.165, 1.54) is 122 Å². The van der Waals surface area contributed by atoms with Crippen molar-refractivity contribution in [2.24, 2.45) is 29.6 Å². The van der Waals surface area contributed by atoms with Gasteiger partial charge in [-0.1, -0.05) is 104 Å². The maximum atomic E-state index is 12.4. The molecule has 3 rings (SSSR count). The number of unbranched alkanes of at least 4 members (excludes halogenated alkanes) is 11. The quantitative estimate of drug-likeness (QED) is 0.164. The molecule has 2 heteroatoms. The zero-order valence-electron chi connectivity index (χ0n) is 23.0. The second-order valence-corrected chi connectivity index (χ2v) is 12.5. The summed E-state index contributed by atoms with van der Waals surface area (Å²) in [5, 5.41) is 0. The van der Waals surface area contributed by atoms with Crippen molar-refractivity contribution in [1.29, 1.82) is 0 Å². The lowest BCUT2D eigenvalue weighted by atomic mass is 9.56. The monoisotopic (exact) mass is 474 g/mol. The van der Waals surface area contributed by atoms with Gasteiger partial charge in [0, 0.05) is 6.42 Å². The summed E-state index contributed by atoms with van der Waals surface area (Å²) in [6.45, 7) is 4.57. The molecule has 3 fully saturated rings. The van der Waals surface area contributed by atoms with Crippen LogP contribution in [0.15, 0.2) is 0 Å². The molecule has 34 heavy (non-hydrogen) atoms. The molecule has 0 amide bonds. The smallest absolute Gasteiger partial charge is 0.306 e. The first-order valence-electron chi connectivity index (χ1n) is 15.9. The molecule has 3 aliphatic rings. The molecule has 4 unspecified atom stereocenters. The van der Waals surface area contributed by atoms with Crippen LogP contribution in [-0.4, -0.2) is 12.1 Å². The van der Waals surface area contributed by atoms with Crippen molar-refractivity contribution in [2.45, 2.75) is 168 Å². The van der Waals surface area contributed by atoms with Crippen molar-refractivity contribution >= 4 is 5.97 Å². The molecule has 0 aliphatic heterocycles. The van der Waals surface area contributed by atoms with Gasteiger partial charge in [-0.2, -0.15) is 0 Å². The van der Waals surface area contributed by atoms with Gasteiger partial charge in [0.05, 0.1) is 0 Å². The normalized spacial score (nSPS) is 31.0. The zero-order chi connectivity index (χ0) is 24.0. The van der Waals surface area contributed by atoms with Gasteiger partial charge in [0.15, 0.2) is 0 Å². The number of hydrogen-bond acceptors (Lipinski definition) is 2. The molecule has 0 radical (unpaired) electrons. The van der Waals surface area contributed by atoms with Crippen LogP contribution in [0, 0.1) is 29.6 Å². The van der Waals surface area contributed by atoms with Crippen LogP contribution in [0.2, 0.25) is 0 Å². The number of carbonyl (C=O) groups excluding carboxylic acids is 1. The number of carbonyl (C=O) groups is 1. The molecule has 2 nitrogen and oxygen atoms in total. The van der Waals surface area contributed by atoms with Gasteiger partial charge in [-0.3, -0.25) is 4.79 Å². The average Bonchev–Trinajstić information content (AvgIpc) is 2.85. The van der Waals surface area contributed by atoms with E-state index < -0.39 is 0 Å². The summed E-state index contributed by atoms with van der Waals surface area (Å²) in [5.41, 5.74) is 0. The largest absolute Gasteiger partial charge is 0.462 e. The minimum Gasteiger partial charge on any atom is -0.462 e. The fourth-order valence-corrected chi connectivity index (χ4v) is 7.90. The third-order valence-electron chi connectivity index (χ3n) is 9.85. The third-order valence-corrected chi connectivity index (χ3v) is 9.85. The second kappa shape index (κ2) is 16.3. The maximum absolute atomic E-state index is 12.4. The average molecular weight is 475 g/mol. The summed E-state index contributed by atoms with van der Waals surface area (Å²) in [7, 11) is 0. The van der Waals surface area contributed by atoms with Crippen LogP contribution in [0.5, 0.6) is 0 Å². The van der Waals surface area contributed by atoms with Crippen LogP contribution in [0.3, 0.4) is 0 Å². The van der Waals surface area contributed by atoms with Gasteiger partial charge >= 0.3 is 5.97 Å². The van der Waals surface area contributed by atoms with E-state index in [1.54, 1.807) is 0 Å². The SMILES string of the molecule is CCCCCCCCCC(=O)O[C@@H]1CCC2C(CCC3C[C@H](CCCCCCCC)CCC32)C1. The van der Waals surface area contributed by atoms with E-state index in [0.717, 1.165) is 48.9 Å². The summed E-state index contributed by atoms with van der Waals surface area (Å²) >= 11 is 0. The van der Waals surface area contributed by atoms with Crippen LogP contribution < -0.4 is 0 Å². The fourth-order valence-electron chi connectivity index (χ4n) is 7.90. The molecule has 0 aromatic rings. The first-order valence-corrected chi connectivity index (χ1v) is 15.9. The Kier molecular flexibility index (Phi) is 13.4. The minimum absolute atomic E-state index is 0.0842. The third kappa shape index (κ3) is 9.50. The highest BCUT2D eigenvalue weighted by Crippen LogP contribution is 2.53. The number of hydrogen-bond donors (Lipinski definition) is 0. The van der Waals surface area contributed by atoms with Gasteiger partial charge in [0.25, 0.3) is 0 Å². The van der Waals surface area contributed by atoms with E-state index in [1.807, 2.05) is 0 Å². The summed E-state index contributed by atoms with van der Waals surface area (Å²) in [4.78, 5) is 12.4. The lowest BCUT2D eigenvalue weighted by Gasteiger charge is -2.50. The predicted octanol–water partition coefficient (Wildman–Crippen LogP) is 10.0. The lowest BCUT2D eigenvalue weighted by molar-refractivity contribution is -0.153. The van der Waals surface area contributed by atoms with Crippen LogP contribution in [0.25, 0.3) is 0 Å². The molecule has 0 aromatic heterocycles. The van der Waals surface area contributed by atoms with Crippen LogP contribution >= 0.6 is 0 Å². The Hall–Kier alpha value is -0.530. The molecule has 0 saturated heterocycles. The second-order valence-electron chi connectivity index (χ2n) is 12.5. The van der Waals surface area contributed by atoms with Gasteiger partial charge in [0.1, 0.15) is 6.10 Å². The Morgan fingerprint density at radius 3 is 1.85 bits per heavy atom. The van der Waals surface area contributed by atoms with E-state index in [4.69, 9.17) is 4.74 Å². The molecule has 0 bridgehead atoms. The van der Waals surface area contributed by atoms with Crippen LogP contribution in [0.1, 0.15) is 162 Å². The van der Waals surface area contributed by atoms with E-state index >= 15 is 0 Å². The molecule has 198 valence electrons. The zero-order valence-corrected chi connectivity index (χ0v) is 23.0. The van der Waals surface area contributed by atoms with Crippen molar-refractivity contribution in [3.05, 3.63) is 0 Å². The standard InChI is InChI=1S/C32H58O2/c1-3-5-7-9-11-13-15-17-32(33)34-29-21-23-31-28(25-29)20-19-27-24-26(18-22-30(27)31)16-14-12-10-8-6-4-2/h26-31H,3-25H2,1-2H3/t26-,27?,28?,29-,30?,31?/m1/s1. The first kappa shape index (κ1) is 28.0. The van der Waals surface area contributed by atoms with Gasteiger partial charge in [-0.25, -0.2) is 0 Å². The van der Waals surface area contributed by atoms with Gasteiger partial charge in [0.2, 0.25) is 0 Å². The van der Waals surface area contributed by atoms with Gasteiger partial charge in [-0.15, -0.1) is 0 Å². The van der Waals surface area contributed by atoms with E-state index in [0.29, 0.717) is 6.42 Å². The van der Waals surface area contributed by atoms with Gasteiger partial charge < -0.3 is 4.74 Å². The topological polar surface area (TPSA) is 26.3 Å². The number of rotatable bonds is 16. The molecule has 3 aliphatic carbocycles. The lowest BCUT2D eigenvalue weighted by Crippen LogP contribution is -2.43. The van der Waals surface area contributed by atoms with Gasteiger partial charge in [-0.05, 0) is 81.0 Å². The van der Waals surface area contributed by atoms with E-state index in [2.05, 4.69) is 13.8 Å². The number of ether oxygens (including phenoxy) is 1. The Morgan fingerprint density at radius 2 is 1.18 bits per heavy atom. The molecular weight excluding hydrogens is 416 g/mol.